The van der Waals surface area contributed by atoms with Crippen LogP contribution in [0.4, 0.5) is 4.79 Å². The molecule has 2 fully saturated rings. The third-order valence-corrected chi connectivity index (χ3v) is 5.66. The third kappa shape index (κ3) is 4.54. The van der Waals surface area contributed by atoms with Gasteiger partial charge in [-0.2, -0.15) is 0 Å². The number of methoxy groups -OCH3 is 1. The topological polar surface area (TPSA) is 61.9 Å². The van der Waals surface area contributed by atoms with Gasteiger partial charge >= 0.3 is 6.03 Å². The molecule has 1 heterocycles. The fraction of sp³-hybridized carbons (Fsp3) is 0.619. The van der Waals surface area contributed by atoms with Gasteiger partial charge in [0, 0.05) is 32.2 Å². The highest BCUT2D eigenvalue weighted by Crippen LogP contribution is 2.26. The highest BCUT2D eigenvalue weighted by molar-refractivity contribution is 5.97. The molecule has 27 heavy (non-hydrogen) atoms. The van der Waals surface area contributed by atoms with Crippen LogP contribution in [0.25, 0.3) is 0 Å². The summed E-state index contributed by atoms with van der Waals surface area (Å²) >= 11 is 0. The van der Waals surface area contributed by atoms with Gasteiger partial charge in [0.1, 0.15) is 5.75 Å². The lowest BCUT2D eigenvalue weighted by atomic mass is 9.99. The molecule has 0 spiro atoms. The second-order valence-corrected chi connectivity index (χ2v) is 7.82. The Morgan fingerprint density at radius 3 is 2.30 bits per heavy atom. The fourth-order valence-corrected chi connectivity index (χ4v) is 3.87. The lowest BCUT2D eigenvalue weighted by Crippen LogP contribution is -2.54. The predicted octanol–water partition coefficient (Wildman–Crippen LogP) is 3.23. The zero-order valence-electron chi connectivity index (χ0n) is 16.7. The van der Waals surface area contributed by atoms with Crippen molar-refractivity contribution < 1.29 is 14.3 Å². The summed E-state index contributed by atoms with van der Waals surface area (Å²) in [5.74, 6) is 0.926. The summed E-state index contributed by atoms with van der Waals surface area (Å²) in [5.41, 5.74) is 1.72. The second-order valence-electron chi connectivity index (χ2n) is 7.82. The Bertz CT molecular complexity index is 675. The molecule has 1 aromatic rings. The number of hydrogen-bond donors (Lipinski definition) is 1. The van der Waals surface area contributed by atoms with E-state index in [0.29, 0.717) is 49.5 Å². The molecule has 3 amide bonds. The summed E-state index contributed by atoms with van der Waals surface area (Å²) in [7, 11) is 1.59. The van der Waals surface area contributed by atoms with Crippen molar-refractivity contribution in [3.63, 3.8) is 0 Å². The van der Waals surface area contributed by atoms with Crippen LogP contribution in [0.2, 0.25) is 0 Å². The van der Waals surface area contributed by atoms with Crippen LogP contribution in [-0.2, 0) is 0 Å². The number of urea groups is 1. The van der Waals surface area contributed by atoms with Gasteiger partial charge in [-0.15, -0.1) is 0 Å². The molecule has 0 atom stereocenters. The van der Waals surface area contributed by atoms with E-state index in [2.05, 4.69) is 19.2 Å². The van der Waals surface area contributed by atoms with E-state index in [1.54, 1.807) is 7.11 Å². The quantitative estimate of drug-likeness (QED) is 0.881. The van der Waals surface area contributed by atoms with Crippen LogP contribution < -0.4 is 10.1 Å². The Morgan fingerprint density at radius 1 is 1.07 bits per heavy atom. The van der Waals surface area contributed by atoms with Crippen molar-refractivity contribution in [1.82, 2.24) is 15.1 Å². The number of nitrogens with one attached hydrogen (secondary N) is 1. The predicted molar refractivity (Wildman–Crippen MR) is 105 cm³/mol. The number of carbonyl (C=O) groups is 2. The minimum atomic E-state index is -0.0230. The number of piperazine rings is 1. The van der Waals surface area contributed by atoms with Crippen LogP contribution in [0.3, 0.4) is 0 Å². The molecule has 2 aliphatic rings. The largest absolute Gasteiger partial charge is 0.496 e. The molecule has 0 unspecified atom stereocenters. The van der Waals surface area contributed by atoms with Crippen LogP contribution >= 0.6 is 0 Å². The minimum Gasteiger partial charge on any atom is -0.496 e. The average Bonchev–Trinajstić information content (AvgIpc) is 3.20. The molecule has 1 aliphatic heterocycles. The Labute approximate surface area is 161 Å². The normalized spacial score (nSPS) is 18.1. The zero-order valence-corrected chi connectivity index (χ0v) is 16.7. The number of carbonyl (C=O) groups excluding carboxylic acids is 2. The molecule has 3 rings (SSSR count). The van der Waals surface area contributed by atoms with Gasteiger partial charge < -0.3 is 19.9 Å². The molecule has 148 valence electrons. The minimum absolute atomic E-state index is 0.00776. The van der Waals surface area contributed by atoms with Crippen molar-refractivity contribution >= 4 is 11.9 Å². The number of amides is 3. The summed E-state index contributed by atoms with van der Waals surface area (Å²) < 4.78 is 5.40. The highest BCUT2D eigenvalue weighted by Gasteiger charge is 2.28. The molecular formula is C21H31N3O3. The maximum atomic E-state index is 13.0. The van der Waals surface area contributed by atoms with E-state index < -0.39 is 0 Å². The zero-order chi connectivity index (χ0) is 19.4. The van der Waals surface area contributed by atoms with Gasteiger partial charge in [-0.3, -0.25) is 4.79 Å². The summed E-state index contributed by atoms with van der Waals surface area (Å²) in [6, 6.07) is 6.14. The van der Waals surface area contributed by atoms with E-state index in [1.165, 1.54) is 12.8 Å². The summed E-state index contributed by atoms with van der Waals surface area (Å²) in [6.45, 7) is 6.44. The molecule has 6 nitrogen and oxygen atoms in total. The van der Waals surface area contributed by atoms with Crippen molar-refractivity contribution in [3.05, 3.63) is 29.3 Å². The summed E-state index contributed by atoms with van der Waals surface area (Å²) in [4.78, 5) is 29.1. The van der Waals surface area contributed by atoms with Gasteiger partial charge in [0.2, 0.25) is 0 Å². The van der Waals surface area contributed by atoms with Crippen molar-refractivity contribution in [2.45, 2.75) is 51.5 Å². The van der Waals surface area contributed by atoms with E-state index in [4.69, 9.17) is 4.74 Å². The van der Waals surface area contributed by atoms with Gasteiger partial charge in [-0.25, -0.2) is 4.79 Å². The highest BCUT2D eigenvalue weighted by atomic mass is 16.5. The Balaban J connectivity index is 1.61. The number of ether oxygens (including phenoxy) is 1. The standard InChI is InChI=1S/C21H31N3O3/c1-15(2)16-8-9-19(27-3)18(14-16)20(25)23-10-12-24(13-11-23)21(26)22-17-6-4-5-7-17/h8-9,14-15,17H,4-7,10-13H2,1-3H3,(H,22,26). The van der Waals surface area contributed by atoms with Crippen LogP contribution in [0.1, 0.15) is 61.4 Å². The molecule has 0 bridgehead atoms. The second kappa shape index (κ2) is 8.63. The van der Waals surface area contributed by atoms with Gasteiger partial charge in [-0.05, 0) is 36.5 Å². The number of rotatable bonds is 4. The number of nitrogens with zero attached hydrogens (tertiary/aromatic N) is 2. The number of benzene rings is 1. The summed E-state index contributed by atoms with van der Waals surface area (Å²) in [6.07, 6.45) is 4.56. The maximum Gasteiger partial charge on any atom is 0.317 e. The molecule has 1 N–H and O–H groups in total. The third-order valence-electron chi connectivity index (χ3n) is 5.66. The van der Waals surface area contributed by atoms with Crippen LogP contribution in [0.15, 0.2) is 18.2 Å². The molecule has 1 aromatic carbocycles. The lowest BCUT2D eigenvalue weighted by molar-refractivity contribution is 0.0660. The SMILES string of the molecule is COc1ccc(C(C)C)cc1C(=O)N1CCN(C(=O)NC2CCCC2)CC1. The first kappa shape index (κ1) is 19.5. The van der Waals surface area contributed by atoms with E-state index in [9.17, 15) is 9.59 Å². The first-order valence-corrected chi connectivity index (χ1v) is 10.0. The van der Waals surface area contributed by atoms with Crippen LogP contribution in [0.5, 0.6) is 5.75 Å². The molecule has 0 aromatic heterocycles. The van der Waals surface area contributed by atoms with Crippen LogP contribution in [-0.4, -0.2) is 61.1 Å². The van der Waals surface area contributed by atoms with E-state index in [0.717, 1.165) is 18.4 Å². The first-order chi connectivity index (χ1) is 13.0. The van der Waals surface area contributed by atoms with Crippen molar-refractivity contribution in [3.8, 4) is 5.75 Å². The molecule has 0 radical (unpaired) electrons. The van der Waals surface area contributed by atoms with Gasteiger partial charge in [-0.1, -0.05) is 32.8 Å². The molecule has 1 saturated carbocycles. The van der Waals surface area contributed by atoms with Gasteiger partial charge in [0.05, 0.1) is 12.7 Å². The molecule has 1 saturated heterocycles. The van der Waals surface area contributed by atoms with Crippen LogP contribution in [0, 0.1) is 0 Å². The smallest absolute Gasteiger partial charge is 0.317 e. The van der Waals surface area contributed by atoms with E-state index in [-0.39, 0.29) is 11.9 Å². The van der Waals surface area contributed by atoms with Crippen molar-refractivity contribution in [1.29, 1.82) is 0 Å². The summed E-state index contributed by atoms with van der Waals surface area (Å²) in [5, 5.41) is 3.13. The number of hydrogen-bond acceptors (Lipinski definition) is 3. The van der Waals surface area contributed by atoms with Gasteiger partial charge in [0.25, 0.3) is 5.91 Å². The Hall–Kier alpha value is -2.24. The fourth-order valence-electron chi connectivity index (χ4n) is 3.87. The van der Waals surface area contributed by atoms with Gasteiger partial charge in [0.15, 0.2) is 0 Å². The molecular weight excluding hydrogens is 342 g/mol. The average molecular weight is 373 g/mol. The molecule has 6 heteroatoms. The van der Waals surface area contributed by atoms with E-state index >= 15 is 0 Å². The Morgan fingerprint density at radius 2 is 1.70 bits per heavy atom. The monoisotopic (exact) mass is 373 g/mol. The maximum absolute atomic E-state index is 13.0. The van der Waals surface area contributed by atoms with Crippen molar-refractivity contribution in [2.75, 3.05) is 33.3 Å². The lowest BCUT2D eigenvalue weighted by Gasteiger charge is -2.35. The molecule has 1 aliphatic carbocycles. The van der Waals surface area contributed by atoms with E-state index in [1.807, 2.05) is 28.0 Å². The van der Waals surface area contributed by atoms with Crippen molar-refractivity contribution in [2.24, 2.45) is 0 Å². The first-order valence-electron chi connectivity index (χ1n) is 10.0. The Kier molecular flexibility index (Phi) is 6.24.